The Morgan fingerprint density at radius 3 is 2.64 bits per heavy atom. The van der Waals surface area contributed by atoms with Gasteiger partial charge in [0, 0.05) is 24.0 Å². The van der Waals surface area contributed by atoms with Crippen LogP contribution in [0.5, 0.6) is 5.75 Å². The van der Waals surface area contributed by atoms with Gasteiger partial charge in [-0.1, -0.05) is 11.6 Å². The molecule has 1 fully saturated rings. The van der Waals surface area contributed by atoms with Crippen LogP contribution >= 0.6 is 11.6 Å². The highest BCUT2D eigenvalue weighted by Gasteiger charge is 2.32. The molecule has 1 aliphatic carbocycles. The van der Waals surface area contributed by atoms with Crippen molar-refractivity contribution >= 4 is 34.2 Å². The molecular weight excluding hydrogens is 457 g/mol. The number of hydrogen-bond acceptors (Lipinski definition) is 4. The number of benzene rings is 2. The maximum Gasteiger partial charge on any atom is 0.416 e. The van der Waals surface area contributed by atoms with Crippen molar-refractivity contribution in [3.63, 3.8) is 0 Å². The second kappa shape index (κ2) is 9.51. The van der Waals surface area contributed by atoms with Crippen LogP contribution in [-0.4, -0.2) is 35.8 Å². The average Bonchev–Trinajstić information content (AvgIpc) is 3.20. The number of H-pyrrole nitrogens is 1. The van der Waals surface area contributed by atoms with Crippen LogP contribution in [0.3, 0.4) is 0 Å². The topological polar surface area (TPSA) is 79.0 Å². The van der Waals surface area contributed by atoms with Crippen LogP contribution in [0.25, 0.3) is 10.9 Å². The molecule has 1 aliphatic rings. The van der Waals surface area contributed by atoms with Gasteiger partial charge in [-0.25, -0.2) is 0 Å². The minimum Gasteiger partial charge on any atom is -0.497 e. The standard InChI is InChI=1S/C23H24ClF3N4O2/c1-33-16-7-8-17-20(11-16)30-31-21(17)28-12-13-2-5-15(6-3-13)29-22(32)18-10-14(23(25,26)27)4-9-19(18)24/h4,7-11,13,15H,2-3,5-6,12H2,1H3,(H,29,32)(H2,28,30,31)/t13-,15-. The molecule has 6 nitrogen and oxygen atoms in total. The van der Waals surface area contributed by atoms with E-state index in [1.54, 1.807) is 7.11 Å². The van der Waals surface area contributed by atoms with E-state index < -0.39 is 17.6 Å². The van der Waals surface area contributed by atoms with Gasteiger partial charge >= 0.3 is 6.18 Å². The maximum atomic E-state index is 13.0. The lowest BCUT2D eigenvalue weighted by molar-refractivity contribution is -0.137. The zero-order valence-corrected chi connectivity index (χ0v) is 18.7. The van der Waals surface area contributed by atoms with E-state index >= 15 is 0 Å². The number of amides is 1. The van der Waals surface area contributed by atoms with Gasteiger partial charge in [-0.15, -0.1) is 0 Å². The van der Waals surface area contributed by atoms with Crippen molar-refractivity contribution in [2.45, 2.75) is 37.9 Å². The number of aromatic amines is 1. The highest BCUT2D eigenvalue weighted by molar-refractivity contribution is 6.33. The monoisotopic (exact) mass is 480 g/mol. The number of halogens is 4. The molecule has 0 atom stereocenters. The van der Waals surface area contributed by atoms with Crippen molar-refractivity contribution in [3.8, 4) is 5.75 Å². The second-order valence-electron chi connectivity index (χ2n) is 8.25. The summed E-state index contributed by atoms with van der Waals surface area (Å²) in [5.74, 6) is 1.36. The van der Waals surface area contributed by atoms with E-state index in [2.05, 4.69) is 20.8 Å². The van der Waals surface area contributed by atoms with Crippen molar-refractivity contribution in [2.75, 3.05) is 19.0 Å². The molecule has 1 aromatic heterocycles. The minimum atomic E-state index is -4.53. The Bertz CT molecular complexity index is 1140. The highest BCUT2D eigenvalue weighted by Crippen LogP contribution is 2.32. The van der Waals surface area contributed by atoms with Crippen LogP contribution in [0, 0.1) is 5.92 Å². The molecule has 0 aliphatic heterocycles. The number of nitrogens with one attached hydrogen (secondary N) is 3. The van der Waals surface area contributed by atoms with E-state index in [0.717, 1.165) is 72.9 Å². The van der Waals surface area contributed by atoms with Gasteiger partial charge in [-0.3, -0.25) is 9.89 Å². The molecule has 10 heteroatoms. The number of fused-ring (bicyclic) bond motifs is 1. The third-order valence-corrected chi connectivity index (χ3v) is 6.38. The molecule has 33 heavy (non-hydrogen) atoms. The third kappa shape index (κ3) is 5.35. The summed E-state index contributed by atoms with van der Waals surface area (Å²) in [5, 5.41) is 14.5. The summed E-state index contributed by atoms with van der Waals surface area (Å²) in [6.07, 6.45) is -1.29. The fourth-order valence-electron chi connectivity index (χ4n) is 4.15. The Balaban J connectivity index is 1.29. The van der Waals surface area contributed by atoms with Crippen molar-refractivity contribution in [3.05, 3.63) is 52.5 Å². The lowest BCUT2D eigenvalue weighted by atomic mass is 9.86. The molecular formula is C23H24ClF3N4O2. The van der Waals surface area contributed by atoms with E-state index in [0.29, 0.717) is 5.92 Å². The van der Waals surface area contributed by atoms with Crippen molar-refractivity contribution < 1.29 is 22.7 Å². The minimum absolute atomic E-state index is 0.00207. The van der Waals surface area contributed by atoms with Gasteiger partial charge in [0.25, 0.3) is 5.91 Å². The second-order valence-corrected chi connectivity index (χ2v) is 8.66. The largest absolute Gasteiger partial charge is 0.497 e. The normalized spacial score (nSPS) is 18.8. The summed E-state index contributed by atoms with van der Waals surface area (Å²) in [6, 6.07) is 8.40. The molecule has 3 N–H and O–H groups in total. The molecule has 2 aromatic carbocycles. The third-order valence-electron chi connectivity index (χ3n) is 6.05. The van der Waals surface area contributed by atoms with Crippen molar-refractivity contribution in [1.82, 2.24) is 15.5 Å². The van der Waals surface area contributed by atoms with E-state index in [1.807, 2.05) is 18.2 Å². The number of carbonyl (C=O) groups excluding carboxylic acids is 1. The number of carbonyl (C=O) groups is 1. The van der Waals surface area contributed by atoms with E-state index in [9.17, 15) is 18.0 Å². The van der Waals surface area contributed by atoms with Gasteiger partial charge in [-0.05, 0) is 61.9 Å². The first-order valence-electron chi connectivity index (χ1n) is 10.7. The first-order valence-corrected chi connectivity index (χ1v) is 11.1. The SMILES string of the molecule is COc1ccc2c(NC[C@H]3CC[C@H](NC(=O)c4cc(C(F)(F)F)ccc4Cl)CC3)n[nH]c2c1. The van der Waals surface area contributed by atoms with E-state index in [-0.39, 0.29) is 16.6 Å². The van der Waals surface area contributed by atoms with Crippen LogP contribution in [0.15, 0.2) is 36.4 Å². The zero-order valence-electron chi connectivity index (χ0n) is 17.9. The van der Waals surface area contributed by atoms with Crippen LogP contribution < -0.4 is 15.4 Å². The van der Waals surface area contributed by atoms with Gasteiger partial charge < -0.3 is 15.4 Å². The van der Waals surface area contributed by atoms with Crippen LogP contribution in [0.2, 0.25) is 5.02 Å². The summed E-state index contributed by atoms with van der Waals surface area (Å²) < 4.78 is 44.1. The summed E-state index contributed by atoms with van der Waals surface area (Å²) in [7, 11) is 1.61. The summed E-state index contributed by atoms with van der Waals surface area (Å²) in [4.78, 5) is 12.5. The number of anilines is 1. The predicted octanol–water partition coefficient (Wildman–Crippen LogP) is 5.64. The first kappa shape index (κ1) is 23.2. The van der Waals surface area contributed by atoms with Crippen molar-refractivity contribution in [1.29, 1.82) is 0 Å². The van der Waals surface area contributed by atoms with Crippen molar-refractivity contribution in [2.24, 2.45) is 5.92 Å². The molecule has 4 rings (SSSR count). The summed E-state index contributed by atoms with van der Waals surface area (Å²) in [6.45, 7) is 0.742. The molecule has 1 heterocycles. The number of alkyl halides is 3. The number of rotatable bonds is 6. The number of nitrogens with zero attached hydrogens (tertiary/aromatic N) is 1. The highest BCUT2D eigenvalue weighted by atomic mass is 35.5. The van der Waals surface area contributed by atoms with Crippen LogP contribution in [0.4, 0.5) is 19.0 Å². The van der Waals surface area contributed by atoms with Gasteiger partial charge in [0.1, 0.15) is 5.75 Å². The molecule has 176 valence electrons. The van der Waals surface area contributed by atoms with Crippen LogP contribution in [-0.2, 0) is 6.18 Å². The lowest BCUT2D eigenvalue weighted by Gasteiger charge is -2.29. The van der Waals surface area contributed by atoms with Gasteiger partial charge in [-0.2, -0.15) is 18.3 Å². The molecule has 0 spiro atoms. The molecule has 0 unspecified atom stereocenters. The number of aromatic nitrogens is 2. The number of hydrogen-bond donors (Lipinski definition) is 3. The molecule has 0 bridgehead atoms. The van der Waals surface area contributed by atoms with Gasteiger partial charge in [0.05, 0.1) is 28.8 Å². The number of ether oxygens (including phenoxy) is 1. The molecule has 1 amide bonds. The van der Waals surface area contributed by atoms with Gasteiger partial charge in [0.15, 0.2) is 5.82 Å². The fourth-order valence-corrected chi connectivity index (χ4v) is 4.35. The molecule has 1 saturated carbocycles. The molecule has 0 radical (unpaired) electrons. The molecule has 3 aromatic rings. The first-order chi connectivity index (χ1) is 15.7. The predicted molar refractivity (Wildman–Crippen MR) is 121 cm³/mol. The zero-order chi connectivity index (χ0) is 23.6. The quantitative estimate of drug-likeness (QED) is 0.426. The Kier molecular flexibility index (Phi) is 6.69. The van der Waals surface area contributed by atoms with E-state index in [4.69, 9.17) is 16.3 Å². The van der Waals surface area contributed by atoms with E-state index in [1.165, 1.54) is 0 Å². The average molecular weight is 481 g/mol. The summed E-state index contributed by atoms with van der Waals surface area (Å²) in [5.41, 5.74) is -0.162. The Morgan fingerprint density at radius 1 is 1.18 bits per heavy atom. The number of methoxy groups -OCH3 is 1. The Morgan fingerprint density at radius 2 is 1.94 bits per heavy atom. The fraction of sp³-hybridized carbons (Fsp3) is 0.391. The molecule has 0 saturated heterocycles. The van der Waals surface area contributed by atoms with Crippen LogP contribution in [0.1, 0.15) is 41.6 Å². The van der Waals surface area contributed by atoms with Gasteiger partial charge in [0.2, 0.25) is 0 Å². The maximum absolute atomic E-state index is 13.0. The lowest BCUT2D eigenvalue weighted by Crippen LogP contribution is -2.38. The Hall–Kier alpha value is -2.94. The Labute approximate surface area is 193 Å². The smallest absolute Gasteiger partial charge is 0.416 e. The summed E-state index contributed by atoms with van der Waals surface area (Å²) >= 11 is 5.98.